The van der Waals surface area contributed by atoms with Gasteiger partial charge in [-0.1, -0.05) is 17.7 Å². The number of rotatable bonds is 6. The van der Waals surface area contributed by atoms with Gasteiger partial charge in [0, 0.05) is 37.0 Å². The van der Waals surface area contributed by atoms with E-state index < -0.39 is 21.8 Å². The number of carbonyl (C=O) groups excluding carboxylic acids is 2. The second-order valence-electron chi connectivity index (χ2n) is 6.83. The van der Waals surface area contributed by atoms with Gasteiger partial charge in [0.2, 0.25) is 15.9 Å². The van der Waals surface area contributed by atoms with Crippen molar-refractivity contribution >= 4 is 39.1 Å². The van der Waals surface area contributed by atoms with Gasteiger partial charge in [0.15, 0.2) is 0 Å². The monoisotopic (exact) mass is 454 g/mol. The molecule has 1 aliphatic heterocycles. The molecule has 2 aromatic rings. The van der Waals surface area contributed by atoms with E-state index >= 15 is 0 Å². The minimum absolute atomic E-state index is 0.0241. The summed E-state index contributed by atoms with van der Waals surface area (Å²) in [5.41, 5.74) is 1.41. The molecule has 2 heterocycles. The largest absolute Gasteiger partial charge is 0.379 e. The Balaban J connectivity index is 1.64. The molecule has 162 valence electrons. The van der Waals surface area contributed by atoms with Crippen LogP contribution in [-0.2, 0) is 26.6 Å². The third kappa shape index (κ3) is 4.84. The number of amides is 2. The first-order valence-electron chi connectivity index (χ1n) is 9.27. The van der Waals surface area contributed by atoms with Crippen LogP contribution < -0.4 is 10.6 Å². The average Bonchev–Trinajstić information content (AvgIpc) is 3.13. The van der Waals surface area contributed by atoms with Gasteiger partial charge >= 0.3 is 0 Å². The molecule has 9 nitrogen and oxygen atoms in total. The molecule has 2 N–H and O–H groups in total. The Morgan fingerprint density at radius 3 is 2.63 bits per heavy atom. The maximum absolute atomic E-state index is 12.8. The molecule has 0 atom stereocenters. The van der Waals surface area contributed by atoms with Crippen molar-refractivity contribution in [1.29, 1.82) is 0 Å². The molecular formula is C19H23ClN4O5S. The van der Waals surface area contributed by atoms with Crippen molar-refractivity contribution in [2.45, 2.75) is 11.8 Å². The van der Waals surface area contributed by atoms with Gasteiger partial charge < -0.3 is 19.9 Å². The number of nitrogens with one attached hydrogen (secondary N) is 2. The quantitative estimate of drug-likeness (QED) is 0.685. The van der Waals surface area contributed by atoms with E-state index in [4.69, 9.17) is 16.3 Å². The Bertz CT molecular complexity index is 1060. The molecule has 1 aromatic heterocycles. The SMILES string of the molecule is Cc1c(Cl)cccc1NC(=O)CNC(=O)c1cc(S(=O)(=O)N2CCOCC2)cn1C. The lowest BCUT2D eigenvalue weighted by Crippen LogP contribution is -2.40. The van der Waals surface area contributed by atoms with E-state index in [1.807, 2.05) is 0 Å². The van der Waals surface area contributed by atoms with Gasteiger partial charge in [-0.25, -0.2) is 8.42 Å². The van der Waals surface area contributed by atoms with Crippen LogP contribution in [0.15, 0.2) is 35.4 Å². The van der Waals surface area contributed by atoms with Crippen molar-refractivity contribution in [2.24, 2.45) is 7.05 Å². The van der Waals surface area contributed by atoms with Crippen LogP contribution in [-0.4, -0.2) is 62.0 Å². The molecule has 1 aliphatic rings. The molecule has 0 bridgehead atoms. The van der Waals surface area contributed by atoms with Crippen LogP contribution in [0.3, 0.4) is 0 Å². The van der Waals surface area contributed by atoms with Gasteiger partial charge in [0.1, 0.15) is 10.6 Å². The highest BCUT2D eigenvalue weighted by Crippen LogP contribution is 2.23. The van der Waals surface area contributed by atoms with Crippen LogP contribution in [0.4, 0.5) is 5.69 Å². The highest BCUT2D eigenvalue weighted by molar-refractivity contribution is 7.89. The summed E-state index contributed by atoms with van der Waals surface area (Å²) in [6.07, 6.45) is 1.38. The molecule has 0 aliphatic carbocycles. The normalized spacial score (nSPS) is 15.0. The van der Waals surface area contributed by atoms with Gasteiger partial charge in [-0.2, -0.15) is 4.31 Å². The molecule has 1 saturated heterocycles. The zero-order valence-corrected chi connectivity index (χ0v) is 18.2. The van der Waals surface area contributed by atoms with Gasteiger partial charge in [-0.3, -0.25) is 9.59 Å². The lowest BCUT2D eigenvalue weighted by molar-refractivity contribution is -0.115. The second-order valence-corrected chi connectivity index (χ2v) is 9.18. The van der Waals surface area contributed by atoms with Gasteiger partial charge in [0.05, 0.1) is 19.8 Å². The first-order valence-corrected chi connectivity index (χ1v) is 11.1. The van der Waals surface area contributed by atoms with Crippen LogP contribution in [0.1, 0.15) is 16.1 Å². The number of sulfonamides is 1. The number of hydrogen-bond donors (Lipinski definition) is 2. The van der Waals surface area contributed by atoms with E-state index in [0.29, 0.717) is 23.9 Å². The van der Waals surface area contributed by atoms with Crippen LogP contribution >= 0.6 is 11.6 Å². The number of aromatic nitrogens is 1. The molecule has 0 saturated carbocycles. The number of aryl methyl sites for hydroxylation is 1. The predicted molar refractivity (Wildman–Crippen MR) is 112 cm³/mol. The van der Waals surface area contributed by atoms with Crippen LogP contribution in [0.25, 0.3) is 0 Å². The second kappa shape index (κ2) is 9.17. The summed E-state index contributed by atoms with van der Waals surface area (Å²) in [6, 6.07) is 6.44. The fourth-order valence-corrected chi connectivity index (χ4v) is 4.68. The maximum atomic E-state index is 12.8. The summed E-state index contributed by atoms with van der Waals surface area (Å²) < 4.78 is 33.4. The van der Waals surface area contributed by atoms with Gasteiger partial charge in [0.25, 0.3) is 5.91 Å². The molecule has 0 radical (unpaired) electrons. The fraction of sp³-hybridized carbons (Fsp3) is 0.368. The summed E-state index contributed by atoms with van der Waals surface area (Å²) in [7, 11) is -2.15. The van der Waals surface area contributed by atoms with E-state index in [0.717, 1.165) is 5.56 Å². The van der Waals surface area contributed by atoms with Gasteiger partial charge in [-0.15, -0.1) is 0 Å². The number of anilines is 1. The molecule has 3 rings (SSSR count). The Hall–Kier alpha value is -2.40. The number of benzene rings is 1. The number of carbonyl (C=O) groups is 2. The summed E-state index contributed by atoms with van der Waals surface area (Å²) in [5.74, 6) is -0.983. The van der Waals surface area contributed by atoms with Crippen LogP contribution in [0.5, 0.6) is 0 Å². The third-order valence-electron chi connectivity index (χ3n) is 4.77. The summed E-state index contributed by atoms with van der Waals surface area (Å²) in [5, 5.41) is 5.71. The van der Waals surface area contributed by atoms with Crippen molar-refractivity contribution < 1.29 is 22.7 Å². The highest BCUT2D eigenvalue weighted by Gasteiger charge is 2.28. The van der Waals surface area contributed by atoms with E-state index in [-0.39, 0.29) is 30.2 Å². The smallest absolute Gasteiger partial charge is 0.268 e. The Morgan fingerprint density at radius 2 is 1.93 bits per heavy atom. The lowest BCUT2D eigenvalue weighted by Gasteiger charge is -2.25. The van der Waals surface area contributed by atoms with Crippen molar-refractivity contribution in [3.63, 3.8) is 0 Å². The van der Waals surface area contributed by atoms with Gasteiger partial charge in [-0.05, 0) is 30.7 Å². The lowest BCUT2D eigenvalue weighted by atomic mass is 10.2. The molecular weight excluding hydrogens is 432 g/mol. The Labute approximate surface area is 180 Å². The Kier molecular flexibility index (Phi) is 6.81. The summed E-state index contributed by atoms with van der Waals surface area (Å²) in [4.78, 5) is 24.7. The fourth-order valence-electron chi connectivity index (χ4n) is 3.03. The molecule has 0 spiro atoms. The number of nitrogens with zero attached hydrogens (tertiary/aromatic N) is 2. The van der Waals surface area contributed by atoms with Crippen LogP contribution in [0, 0.1) is 6.92 Å². The summed E-state index contributed by atoms with van der Waals surface area (Å²) >= 11 is 6.03. The first-order chi connectivity index (χ1) is 14.2. The number of morpholine rings is 1. The molecule has 30 heavy (non-hydrogen) atoms. The van der Waals surface area contributed by atoms with E-state index in [9.17, 15) is 18.0 Å². The topological polar surface area (TPSA) is 110 Å². The standard InChI is InChI=1S/C19H23ClN4O5S/c1-13-15(20)4-3-5-16(13)22-18(25)11-21-19(26)17-10-14(12-23(17)2)30(27,28)24-6-8-29-9-7-24/h3-5,10,12H,6-9,11H2,1-2H3,(H,21,26)(H,22,25). The van der Waals surface area contributed by atoms with Crippen molar-refractivity contribution in [3.8, 4) is 0 Å². The van der Waals surface area contributed by atoms with Crippen molar-refractivity contribution in [2.75, 3.05) is 38.2 Å². The highest BCUT2D eigenvalue weighted by atomic mass is 35.5. The molecule has 1 aromatic carbocycles. The third-order valence-corrected chi connectivity index (χ3v) is 7.05. The molecule has 1 fully saturated rings. The minimum atomic E-state index is -3.72. The number of halogens is 1. The molecule has 2 amide bonds. The van der Waals surface area contributed by atoms with E-state index in [2.05, 4.69) is 10.6 Å². The number of ether oxygens (including phenoxy) is 1. The van der Waals surface area contributed by atoms with E-state index in [1.165, 1.54) is 21.1 Å². The maximum Gasteiger partial charge on any atom is 0.268 e. The Morgan fingerprint density at radius 1 is 1.23 bits per heavy atom. The number of hydrogen-bond acceptors (Lipinski definition) is 5. The predicted octanol–water partition coefficient (Wildman–Crippen LogP) is 1.38. The van der Waals surface area contributed by atoms with E-state index in [1.54, 1.807) is 32.2 Å². The van der Waals surface area contributed by atoms with Crippen molar-refractivity contribution in [3.05, 3.63) is 46.7 Å². The first kappa shape index (κ1) is 22.3. The average molecular weight is 455 g/mol. The zero-order valence-electron chi connectivity index (χ0n) is 16.6. The van der Waals surface area contributed by atoms with Crippen LogP contribution in [0.2, 0.25) is 5.02 Å². The van der Waals surface area contributed by atoms with Crippen molar-refractivity contribution in [1.82, 2.24) is 14.2 Å². The summed E-state index contributed by atoms with van der Waals surface area (Å²) in [6.45, 7) is 2.70. The molecule has 11 heteroatoms. The molecule has 0 unspecified atom stereocenters. The zero-order chi connectivity index (χ0) is 21.9. The minimum Gasteiger partial charge on any atom is -0.379 e.